The monoisotopic (exact) mass is 480 g/mol. The van der Waals surface area contributed by atoms with Gasteiger partial charge < -0.3 is 21.1 Å². The highest BCUT2D eigenvalue weighted by molar-refractivity contribution is 6.00. The molecule has 1 aliphatic carbocycles. The van der Waals surface area contributed by atoms with Crippen LogP contribution in [0.1, 0.15) is 62.7 Å². The molecule has 1 fully saturated rings. The number of nitrogens with zero attached hydrogens (tertiary/aromatic N) is 3. The average molecular weight is 481 g/mol. The van der Waals surface area contributed by atoms with Crippen molar-refractivity contribution in [2.45, 2.75) is 70.2 Å². The molecule has 4 N–H and O–H groups in total. The Labute approximate surface area is 204 Å². The molecular formula is C26H33FN6O2. The van der Waals surface area contributed by atoms with E-state index in [1.807, 2.05) is 24.3 Å². The van der Waals surface area contributed by atoms with Crippen LogP contribution in [0.4, 0.5) is 21.6 Å². The summed E-state index contributed by atoms with van der Waals surface area (Å²) in [5, 5.41) is 19.3. The van der Waals surface area contributed by atoms with Crippen molar-refractivity contribution in [1.29, 1.82) is 0 Å². The summed E-state index contributed by atoms with van der Waals surface area (Å²) in [6, 6.07) is 7.73. The standard InChI is InChI=1S/C26H33FN6O2/c1-26(2,35)23(27)16-31-25(34)19-15-30-24(14-21(19)32-17-7-5-3-4-6-8-17)33-18-9-10-20-22(13-18)29-12-11-28-20/h9-15,17,23,35H,3-8,16H2,1-2H3,(H,31,34)(H2,30,32,33). The smallest absolute Gasteiger partial charge is 0.255 e. The van der Waals surface area contributed by atoms with Gasteiger partial charge in [-0.2, -0.15) is 0 Å². The zero-order valence-corrected chi connectivity index (χ0v) is 20.2. The number of hydrogen-bond donors (Lipinski definition) is 4. The van der Waals surface area contributed by atoms with Crippen LogP contribution < -0.4 is 16.0 Å². The molecule has 9 heteroatoms. The SMILES string of the molecule is CC(C)(O)C(F)CNC(=O)c1cnc(Nc2ccc3nccnc3c2)cc1NC1CCCCCC1. The molecule has 4 rings (SSSR count). The number of anilines is 3. The first-order valence-electron chi connectivity index (χ1n) is 12.2. The van der Waals surface area contributed by atoms with Gasteiger partial charge in [0.2, 0.25) is 0 Å². The number of aliphatic hydroxyl groups is 1. The van der Waals surface area contributed by atoms with Gasteiger partial charge in [0.15, 0.2) is 0 Å². The summed E-state index contributed by atoms with van der Waals surface area (Å²) in [5.41, 5.74) is 1.81. The number of hydrogen-bond acceptors (Lipinski definition) is 7. The largest absolute Gasteiger partial charge is 0.387 e. The molecule has 1 unspecified atom stereocenters. The van der Waals surface area contributed by atoms with E-state index in [9.17, 15) is 14.3 Å². The Balaban J connectivity index is 1.56. The van der Waals surface area contributed by atoms with Gasteiger partial charge >= 0.3 is 0 Å². The second kappa shape index (κ2) is 10.9. The molecule has 1 amide bonds. The predicted octanol–water partition coefficient (Wildman–Crippen LogP) is 4.74. The Hall–Kier alpha value is -3.33. The lowest BCUT2D eigenvalue weighted by molar-refractivity contribution is -0.00177. The third kappa shape index (κ3) is 6.63. The number of carbonyl (C=O) groups is 1. The van der Waals surface area contributed by atoms with Crippen molar-refractivity contribution < 1.29 is 14.3 Å². The van der Waals surface area contributed by atoms with Gasteiger partial charge in [-0.25, -0.2) is 9.37 Å². The second-order valence-electron chi connectivity index (χ2n) is 9.66. The van der Waals surface area contributed by atoms with Crippen molar-refractivity contribution >= 4 is 34.1 Å². The Bertz CT molecular complexity index is 1160. The van der Waals surface area contributed by atoms with Gasteiger partial charge in [0.05, 0.1) is 34.4 Å². The van der Waals surface area contributed by atoms with Crippen LogP contribution in [0, 0.1) is 0 Å². The van der Waals surface area contributed by atoms with E-state index >= 15 is 0 Å². The van der Waals surface area contributed by atoms with Gasteiger partial charge in [0, 0.05) is 36.4 Å². The van der Waals surface area contributed by atoms with Crippen molar-refractivity contribution in [1.82, 2.24) is 20.3 Å². The number of alkyl halides is 1. The van der Waals surface area contributed by atoms with Crippen molar-refractivity contribution in [2.24, 2.45) is 0 Å². The van der Waals surface area contributed by atoms with E-state index in [1.54, 1.807) is 12.4 Å². The molecule has 0 aliphatic heterocycles. The number of amides is 1. The molecule has 1 aromatic carbocycles. The van der Waals surface area contributed by atoms with Crippen LogP contribution in [0.3, 0.4) is 0 Å². The molecule has 8 nitrogen and oxygen atoms in total. The summed E-state index contributed by atoms with van der Waals surface area (Å²) >= 11 is 0. The summed E-state index contributed by atoms with van der Waals surface area (Å²) in [5.74, 6) is 0.133. The number of carbonyl (C=O) groups excluding carboxylic acids is 1. The van der Waals surface area contributed by atoms with E-state index in [2.05, 4.69) is 30.9 Å². The van der Waals surface area contributed by atoms with Crippen LogP contribution in [0.15, 0.2) is 42.9 Å². The van der Waals surface area contributed by atoms with Crippen molar-refractivity contribution in [2.75, 3.05) is 17.2 Å². The maximum absolute atomic E-state index is 14.2. The Morgan fingerprint density at radius 1 is 1.09 bits per heavy atom. The maximum Gasteiger partial charge on any atom is 0.255 e. The lowest BCUT2D eigenvalue weighted by Gasteiger charge is -2.23. The fourth-order valence-corrected chi connectivity index (χ4v) is 4.18. The van der Waals surface area contributed by atoms with Crippen LogP contribution in [-0.4, -0.2) is 50.3 Å². The lowest BCUT2D eigenvalue weighted by Crippen LogP contribution is -2.42. The first-order chi connectivity index (χ1) is 16.8. The Kier molecular flexibility index (Phi) is 7.75. The molecule has 0 bridgehead atoms. The zero-order chi connectivity index (χ0) is 24.8. The highest BCUT2D eigenvalue weighted by atomic mass is 19.1. The third-order valence-electron chi connectivity index (χ3n) is 6.31. The van der Waals surface area contributed by atoms with E-state index in [1.165, 1.54) is 32.9 Å². The molecule has 1 aliphatic rings. The van der Waals surface area contributed by atoms with Crippen LogP contribution in [0.5, 0.6) is 0 Å². The van der Waals surface area contributed by atoms with Gasteiger partial charge in [-0.1, -0.05) is 25.7 Å². The van der Waals surface area contributed by atoms with Crippen molar-refractivity contribution in [3.63, 3.8) is 0 Å². The van der Waals surface area contributed by atoms with Crippen LogP contribution in [0.2, 0.25) is 0 Å². The highest BCUT2D eigenvalue weighted by Gasteiger charge is 2.27. The van der Waals surface area contributed by atoms with Crippen LogP contribution in [0.25, 0.3) is 11.0 Å². The minimum Gasteiger partial charge on any atom is -0.387 e. The topological polar surface area (TPSA) is 112 Å². The summed E-state index contributed by atoms with van der Waals surface area (Å²) in [4.78, 5) is 26.0. The molecule has 3 aromatic rings. The summed E-state index contributed by atoms with van der Waals surface area (Å²) in [7, 11) is 0. The van der Waals surface area contributed by atoms with E-state index in [4.69, 9.17) is 0 Å². The van der Waals surface area contributed by atoms with Gasteiger partial charge in [0.25, 0.3) is 5.91 Å². The summed E-state index contributed by atoms with van der Waals surface area (Å²) in [6.07, 6.45) is 9.98. The fourth-order valence-electron chi connectivity index (χ4n) is 4.18. The Morgan fingerprint density at radius 2 is 1.80 bits per heavy atom. The zero-order valence-electron chi connectivity index (χ0n) is 20.2. The van der Waals surface area contributed by atoms with Gasteiger partial charge in [-0.15, -0.1) is 0 Å². The minimum absolute atomic E-state index is 0.251. The predicted molar refractivity (Wildman–Crippen MR) is 136 cm³/mol. The normalized spacial score (nSPS) is 15.9. The molecule has 2 aromatic heterocycles. The molecule has 0 radical (unpaired) electrons. The average Bonchev–Trinajstić information content (AvgIpc) is 3.10. The minimum atomic E-state index is -1.59. The third-order valence-corrected chi connectivity index (χ3v) is 6.31. The number of fused-ring (bicyclic) bond motifs is 1. The summed E-state index contributed by atoms with van der Waals surface area (Å²) < 4.78 is 14.2. The number of aromatic nitrogens is 3. The number of benzene rings is 1. The van der Waals surface area contributed by atoms with Crippen LogP contribution >= 0.6 is 0 Å². The van der Waals surface area contributed by atoms with Gasteiger partial charge in [-0.05, 0) is 44.9 Å². The molecular weight excluding hydrogens is 447 g/mol. The molecule has 2 heterocycles. The van der Waals surface area contributed by atoms with Crippen molar-refractivity contribution in [3.05, 3.63) is 48.4 Å². The van der Waals surface area contributed by atoms with Gasteiger partial charge in [0.1, 0.15) is 12.0 Å². The number of rotatable bonds is 8. The number of nitrogens with one attached hydrogen (secondary N) is 3. The van der Waals surface area contributed by atoms with E-state index in [0.29, 0.717) is 17.1 Å². The molecule has 35 heavy (non-hydrogen) atoms. The van der Waals surface area contributed by atoms with E-state index in [0.717, 1.165) is 42.4 Å². The Morgan fingerprint density at radius 3 is 2.51 bits per heavy atom. The maximum atomic E-state index is 14.2. The number of halogens is 1. The fraction of sp³-hybridized carbons (Fsp3) is 0.462. The highest BCUT2D eigenvalue weighted by Crippen LogP contribution is 2.27. The van der Waals surface area contributed by atoms with Gasteiger partial charge in [-0.3, -0.25) is 14.8 Å². The summed E-state index contributed by atoms with van der Waals surface area (Å²) in [6.45, 7) is 2.47. The first-order valence-corrected chi connectivity index (χ1v) is 12.2. The molecule has 186 valence electrons. The lowest BCUT2D eigenvalue weighted by atomic mass is 10.0. The van der Waals surface area contributed by atoms with Crippen LogP contribution in [-0.2, 0) is 0 Å². The van der Waals surface area contributed by atoms with Crippen molar-refractivity contribution in [3.8, 4) is 0 Å². The molecule has 0 saturated heterocycles. The molecule has 0 spiro atoms. The number of pyridine rings is 1. The first kappa shape index (κ1) is 24.8. The van der Waals surface area contributed by atoms with E-state index in [-0.39, 0.29) is 12.6 Å². The molecule has 1 atom stereocenters. The van der Waals surface area contributed by atoms with E-state index < -0.39 is 17.7 Å². The quantitative estimate of drug-likeness (QED) is 0.345. The molecule has 1 saturated carbocycles. The second-order valence-corrected chi connectivity index (χ2v) is 9.66.